The lowest BCUT2D eigenvalue weighted by Gasteiger charge is -2.14. The molecule has 1 aromatic rings. The van der Waals surface area contributed by atoms with Gasteiger partial charge in [-0.25, -0.2) is 0 Å². The largest absolute Gasteiger partial charge is 0.325 e. The maximum Gasteiger partial charge on any atom is 0.228 e. The summed E-state index contributed by atoms with van der Waals surface area (Å²) >= 11 is 1.87. The summed E-state index contributed by atoms with van der Waals surface area (Å²) in [4.78, 5) is 12.0. The van der Waals surface area contributed by atoms with E-state index in [1.807, 2.05) is 43.8 Å². The van der Waals surface area contributed by atoms with E-state index in [0.717, 1.165) is 34.7 Å². The molecule has 1 atom stereocenters. The summed E-state index contributed by atoms with van der Waals surface area (Å²) in [6.07, 6.45) is 1.02. The van der Waals surface area contributed by atoms with E-state index >= 15 is 0 Å². The summed E-state index contributed by atoms with van der Waals surface area (Å²) in [7, 11) is 0. The molecule has 2 nitrogen and oxygen atoms in total. The molecule has 1 fully saturated rings. The molecule has 1 heterocycles. The van der Waals surface area contributed by atoms with Crippen LogP contribution in [0.2, 0.25) is 0 Å². The molecule has 0 aromatic heterocycles. The second-order valence-corrected chi connectivity index (χ2v) is 5.47. The Balaban J connectivity index is 2.11. The van der Waals surface area contributed by atoms with Crippen molar-refractivity contribution in [2.24, 2.45) is 5.92 Å². The molecule has 2 rings (SSSR count). The fraction of sp³-hybridized carbons (Fsp3) is 0.462. The molecule has 0 bridgehead atoms. The Morgan fingerprint density at radius 1 is 1.38 bits per heavy atom. The third-order valence-corrected chi connectivity index (χ3v) is 4.19. The molecular formula is C13H17NOS. The normalized spacial score (nSPS) is 19.8. The van der Waals surface area contributed by atoms with Gasteiger partial charge in [0.15, 0.2) is 0 Å². The molecule has 1 aromatic carbocycles. The zero-order chi connectivity index (χ0) is 11.5. The van der Waals surface area contributed by atoms with Crippen LogP contribution in [0.3, 0.4) is 0 Å². The van der Waals surface area contributed by atoms with Gasteiger partial charge in [-0.3, -0.25) is 4.79 Å². The van der Waals surface area contributed by atoms with Crippen LogP contribution in [0.5, 0.6) is 0 Å². The molecule has 0 saturated carbocycles. The van der Waals surface area contributed by atoms with Crippen LogP contribution in [-0.4, -0.2) is 17.4 Å². The Kier molecular flexibility index (Phi) is 3.54. The molecule has 0 aliphatic carbocycles. The van der Waals surface area contributed by atoms with Crippen molar-refractivity contribution in [2.45, 2.75) is 20.3 Å². The maximum atomic E-state index is 12.0. The first-order valence-electron chi connectivity index (χ1n) is 5.63. The molecule has 1 N–H and O–H groups in total. The lowest BCUT2D eigenvalue weighted by molar-refractivity contribution is -0.119. The van der Waals surface area contributed by atoms with E-state index in [1.165, 1.54) is 0 Å². The Labute approximate surface area is 101 Å². The third-order valence-electron chi connectivity index (χ3n) is 3.03. The lowest BCUT2D eigenvalue weighted by Crippen LogP contribution is -2.23. The van der Waals surface area contributed by atoms with Crippen molar-refractivity contribution in [1.29, 1.82) is 0 Å². The van der Waals surface area contributed by atoms with E-state index < -0.39 is 0 Å². The Morgan fingerprint density at radius 3 is 2.62 bits per heavy atom. The van der Waals surface area contributed by atoms with Gasteiger partial charge in [-0.05, 0) is 37.1 Å². The number of carbonyl (C=O) groups is 1. The van der Waals surface area contributed by atoms with E-state index in [2.05, 4.69) is 5.32 Å². The molecule has 1 saturated heterocycles. The summed E-state index contributed by atoms with van der Waals surface area (Å²) in [5.74, 6) is 2.47. The van der Waals surface area contributed by atoms with Crippen LogP contribution < -0.4 is 5.32 Å². The van der Waals surface area contributed by atoms with E-state index in [9.17, 15) is 4.79 Å². The fourth-order valence-electron chi connectivity index (χ4n) is 1.98. The van der Waals surface area contributed by atoms with Gasteiger partial charge in [0.1, 0.15) is 0 Å². The van der Waals surface area contributed by atoms with Gasteiger partial charge in [-0.1, -0.05) is 18.2 Å². The number of anilines is 1. The van der Waals surface area contributed by atoms with Gasteiger partial charge in [-0.2, -0.15) is 11.8 Å². The first-order valence-corrected chi connectivity index (χ1v) is 6.79. The highest BCUT2D eigenvalue weighted by molar-refractivity contribution is 7.99. The standard InChI is InChI=1S/C13H17NOS/c1-9-4-3-5-10(2)12(9)14-13(15)11-6-7-16-8-11/h3-5,11H,6-8H2,1-2H3,(H,14,15). The molecule has 1 aliphatic rings. The number of thioether (sulfide) groups is 1. The van der Waals surface area contributed by atoms with Crippen LogP contribution in [-0.2, 0) is 4.79 Å². The highest BCUT2D eigenvalue weighted by atomic mass is 32.2. The van der Waals surface area contributed by atoms with Gasteiger partial charge in [0.2, 0.25) is 5.91 Å². The van der Waals surface area contributed by atoms with Gasteiger partial charge < -0.3 is 5.32 Å². The van der Waals surface area contributed by atoms with Crippen molar-refractivity contribution < 1.29 is 4.79 Å². The zero-order valence-corrected chi connectivity index (χ0v) is 10.6. The molecule has 1 aliphatic heterocycles. The second kappa shape index (κ2) is 4.91. The number of nitrogens with one attached hydrogen (secondary N) is 1. The van der Waals surface area contributed by atoms with Gasteiger partial charge in [0.25, 0.3) is 0 Å². The lowest BCUT2D eigenvalue weighted by atomic mass is 10.1. The number of carbonyl (C=O) groups excluding carboxylic acids is 1. The summed E-state index contributed by atoms with van der Waals surface area (Å²) in [5.41, 5.74) is 3.27. The van der Waals surface area contributed by atoms with Crippen molar-refractivity contribution >= 4 is 23.4 Å². The van der Waals surface area contributed by atoms with Gasteiger partial charge in [-0.15, -0.1) is 0 Å². The summed E-state index contributed by atoms with van der Waals surface area (Å²) in [6.45, 7) is 4.07. The molecule has 1 amide bonds. The Morgan fingerprint density at radius 2 is 2.06 bits per heavy atom. The highest BCUT2D eigenvalue weighted by Gasteiger charge is 2.23. The van der Waals surface area contributed by atoms with Crippen molar-refractivity contribution in [2.75, 3.05) is 16.8 Å². The van der Waals surface area contributed by atoms with Gasteiger partial charge >= 0.3 is 0 Å². The number of para-hydroxylation sites is 1. The second-order valence-electron chi connectivity index (χ2n) is 4.32. The van der Waals surface area contributed by atoms with Crippen LogP contribution in [0.1, 0.15) is 17.5 Å². The number of benzene rings is 1. The smallest absolute Gasteiger partial charge is 0.228 e. The Hall–Kier alpha value is -0.960. The molecule has 1 unspecified atom stereocenters. The molecule has 0 spiro atoms. The monoisotopic (exact) mass is 235 g/mol. The molecule has 3 heteroatoms. The van der Waals surface area contributed by atoms with Crippen LogP contribution in [0.25, 0.3) is 0 Å². The zero-order valence-electron chi connectivity index (χ0n) is 9.75. The molecule has 0 radical (unpaired) electrons. The number of amides is 1. The molecule has 86 valence electrons. The van der Waals surface area contributed by atoms with E-state index in [-0.39, 0.29) is 11.8 Å². The minimum Gasteiger partial charge on any atom is -0.325 e. The van der Waals surface area contributed by atoms with Crippen LogP contribution in [0, 0.1) is 19.8 Å². The summed E-state index contributed by atoms with van der Waals surface area (Å²) < 4.78 is 0. The van der Waals surface area contributed by atoms with Crippen molar-refractivity contribution in [1.82, 2.24) is 0 Å². The van der Waals surface area contributed by atoms with E-state index in [0.29, 0.717) is 0 Å². The van der Waals surface area contributed by atoms with Crippen LogP contribution in [0.15, 0.2) is 18.2 Å². The van der Waals surface area contributed by atoms with Crippen molar-refractivity contribution in [3.8, 4) is 0 Å². The first kappa shape index (κ1) is 11.5. The first-order chi connectivity index (χ1) is 7.68. The molecular weight excluding hydrogens is 218 g/mol. The average molecular weight is 235 g/mol. The molecule has 16 heavy (non-hydrogen) atoms. The minimum absolute atomic E-state index is 0.183. The third kappa shape index (κ3) is 2.40. The number of rotatable bonds is 2. The average Bonchev–Trinajstić information content (AvgIpc) is 2.76. The fourth-order valence-corrected chi connectivity index (χ4v) is 3.20. The minimum atomic E-state index is 0.183. The van der Waals surface area contributed by atoms with Crippen molar-refractivity contribution in [3.63, 3.8) is 0 Å². The number of aryl methyl sites for hydroxylation is 2. The summed E-state index contributed by atoms with van der Waals surface area (Å²) in [5, 5.41) is 3.07. The predicted octanol–water partition coefficient (Wildman–Crippen LogP) is 3.00. The quantitative estimate of drug-likeness (QED) is 0.853. The van der Waals surface area contributed by atoms with E-state index in [1.54, 1.807) is 0 Å². The Bertz CT molecular complexity index is 377. The van der Waals surface area contributed by atoms with Crippen molar-refractivity contribution in [3.05, 3.63) is 29.3 Å². The van der Waals surface area contributed by atoms with Gasteiger partial charge in [0, 0.05) is 17.4 Å². The topological polar surface area (TPSA) is 29.1 Å². The van der Waals surface area contributed by atoms with Crippen LogP contribution in [0.4, 0.5) is 5.69 Å². The highest BCUT2D eigenvalue weighted by Crippen LogP contribution is 2.26. The summed E-state index contributed by atoms with van der Waals surface area (Å²) in [6, 6.07) is 6.09. The van der Waals surface area contributed by atoms with E-state index in [4.69, 9.17) is 0 Å². The predicted molar refractivity (Wildman–Crippen MR) is 70.0 cm³/mol. The number of hydrogen-bond acceptors (Lipinski definition) is 2. The maximum absolute atomic E-state index is 12.0. The van der Waals surface area contributed by atoms with Crippen LogP contribution >= 0.6 is 11.8 Å². The number of hydrogen-bond donors (Lipinski definition) is 1. The van der Waals surface area contributed by atoms with Gasteiger partial charge in [0.05, 0.1) is 0 Å². The SMILES string of the molecule is Cc1cccc(C)c1NC(=O)C1CCSC1.